The molecule has 3 rings (SSSR count). The van der Waals surface area contributed by atoms with Crippen molar-refractivity contribution < 1.29 is 14.0 Å². The fourth-order valence-corrected chi connectivity index (χ4v) is 3.25. The Bertz CT molecular complexity index is 580. The quantitative estimate of drug-likeness (QED) is 0.926. The molecule has 0 aromatic heterocycles. The summed E-state index contributed by atoms with van der Waals surface area (Å²) in [7, 11) is 0. The molecule has 0 spiro atoms. The number of carbonyl (C=O) groups excluding carboxylic acids is 1. The predicted octanol–water partition coefficient (Wildman–Crippen LogP) is 3.42. The van der Waals surface area contributed by atoms with Gasteiger partial charge < -0.3 is 10.2 Å². The highest BCUT2D eigenvalue weighted by Gasteiger charge is 2.32. The molecule has 6 heteroatoms. The molecule has 1 aromatic rings. The second-order valence-corrected chi connectivity index (χ2v) is 6.18. The van der Waals surface area contributed by atoms with Gasteiger partial charge in [0.25, 0.3) is 5.91 Å². The van der Waals surface area contributed by atoms with Gasteiger partial charge >= 0.3 is 0 Å². The Hall–Kier alpha value is -1.62. The Kier molecular flexibility index (Phi) is 4.62. The number of hydrogen-bond acceptors (Lipinski definition) is 3. The number of nitrogens with zero attached hydrogens (tertiary/aromatic N) is 1. The summed E-state index contributed by atoms with van der Waals surface area (Å²) in [6.45, 7) is 0. The van der Waals surface area contributed by atoms with Gasteiger partial charge in [-0.1, -0.05) is 42.1 Å². The molecule has 22 heavy (non-hydrogen) atoms. The molecule has 1 amide bonds. The highest BCUT2D eigenvalue weighted by Crippen LogP contribution is 2.26. The molecule has 118 valence electrons. The highest BCUT2D eigenvalue weighted by atomic mass is 35.5. The van der Waals surface area contributed by atoms with E-state index in [0.717, 1.165) is 25.7 Å². The first-order valence-corrected chi connectivity index (χ1v) is 8.00. The van der Waals surface area contributed by atoms with Gasteiger partial charge in [0.05, 0.1) is 16.3 Å². The lowest BCUT2D eigenvalue weighted by Crippen LogP contribution is -2.42. The van der Waals surface area contributed by atoms with Crippen LogP contribution in [0.25, 0.3) is 0 Å². The first kappa shape index (κ1) is 15.3. The zero-order chi connectivity index (χ0) is 15.5. The van der Waals surface area contributed by atoms with Crippen molar-refractivity contribution >= 4 is 23.2 Å². The van der Waals surface area contributed by atoms with Crippen molar-refractivity contribution in [1.29, 1.82) is 0 Å². The largest absolute Gasteiger partial charge is 0.382 e. The third-order valence-corrected chi connectivity index (χ3v) is 4.48. The minimum absolute atomic E-state index is 0.182. The molecule has 2 aliphatic rings. The summed E-state index contributed by atoms with van der Waals surface area (Å²) < 4.78 is 13.9. The molecule has 1 heterocycles. The average molecular weight is 325 g/mol. The lowest BCUT2D eigenvalue weighted by molar-refractivity contribution is -0.132. The maximum Gasteiger partial charge on any atom is 0.264 e. The second-order valence-electron chi connectivity index (χ2n) is 5.78. The van der Waals surface area contributed by atoms with Crippen molar-refractivity contribution in [3.8, 4) is 0 Å². The minimum atomic E-state index is -0.701. The number of carbonyl (C=O) groups is 1. The van der Waals surface area contributed by atoms with Crippen LogP contribution in [0.3, 0.4) is 0 Å². The highest BCUT2D eigenvalue weighted by molar-refractivity contribution is 6.34. The van der Waals surface area contributed by atoms with E-state index in [0.29, 0.717) is 5.71 Å². The first-order chi connectivity index (χ1) is 10.6. The summed E-state index contributed by atoms with van der Waals surface area (Å²) in [5.41, 5.74) is 0.601. The van der Waals surface area contributed by atoms with Gasteiger partial charge in [0, 0.05) is 12.5 Å². The fraction of sp³-hybridized carbons (Fsp3) is 0.500. The summed E-state index contributed by atoms with van der Waals surface area (Å²) >= 11 is 6.02. The van der Waals surface area contributed by atoms with Crippen LogP contribution in [0.5, 0.6) is 0 Å². The smallest absolute Gasteiger partial charge is 0.264 e. The van der Waals surface area contributed by atoms with Crippen LogP contribution in [-0.4, -0.2) is 23.8 Å². The zero-order valence-corrected chi connectivity index (χ0v) is 12.9. The number of nitrogens with one attached hydrogen (secondary N) is 1. The molecular formula is C16H18ClFN2O2. The van der Waals surface area contributed by atoms with Crippen LogP contribution in [0.4, 0.5) is 4.39 Å². The number of amides is 1. The normalized spacial score (nSPS) is 22.1. The van der Waals surface area contributed by atoms with E-state index < -0.39 is 11.9 Å². The molecule has 0 bridgehead atoms. The molecule has 4 nitrogen and oxygen atoms in total. The molecule has 1 saturated carbocycles. The second kappa shape index (κ2) is 6.65. The van der Waals surface area contributed by atoms with Gasteiger partial charge in [-0.3, -0.25) is 4.79 Å². The van der Waals surface area contributed by atoms with Gasteiger partial charge in [-0.2, -0.15) is 0 Å². The van der Waals surface area contributed by atoms with Gasteiger partial charge in [-0.15, -0.1) is 0 Å². The lowest BCUT2D eigenvalue weighted by atomic mass is 9.95. The van der Waals surface area contributed by atoms with Crippen LogP contribution in [-0.2, 0) is 9.63 Å². The molecule has 1 aliphatic heterocycles. The molecule has 0 unspecified atom stereocenters. The van der Waals surface area contributed by atoms with Gasteiger partial charge in [0.15, 0.2) is 0 Å². The topological polar surface area (TPSA) is 50.7 Å². The van der Waals surface area contributed by atoms with E-state index in [2.05, 4.69) is 10.5 Å². The summed E-state index contributed by atoms with van der Waals surface area (Å²) in [4.78, 5) is 17.4. The van der Waals surface area contributed by atoms with E-state index in [4.69, 9.17) is 16.4 Å². The van der Waals surface area contributed by atoms with E-state index >= 15 is 0 Å². The van der Waals surface area contributed by atoms with Gasteiger partial charge in [-0.05, 0) is 25.0 Å². The zero-order valence-electron chi connectivity index (χ0n) is 12.1. The Morgan fingerprint density at radius 1 is 1.32 bits per heavy atom. The van der Waals surface area contributed by atoms with E-state index in [9.17, 15) is 9.18 Å². The van der Waals surface area contributed by atoms with Crippen molar-refractivity contribution in [2.45, 2.75) is 50.7 Å². The number of benzene rings is 1. The first-order valence-electron chi connectivity index (χ1n) is 7.62. The van der Waals surface area contributed by atoms with Crippen LogP contribution in [0.1, 0.15) is 44.1 Å². The summed E-state index contributed by atoms with van der Waals surface area (Å²) in [6, 6.07) is 4.66. The standard InChI is InChI=1S/C16H18ClFN2O2/c17-11-7-4-8-12(18)15(11)13-9-14(22-20-13)16(21)19-10-5-2-1-3-6-10/h4,7-8,10,14H,1-3,5-6,9H2,(H,19,21)/t14-/m1/s1. The maximum absolute atomic E-state index is 13.9. The van der Waals surface area contributed by atoms with Crippen LogP contribution in [0, 0.1) is 5.82 Å². The molecule has 0 radical (unpaired) electrons. The SMILES string of the molecule is O=C(NC1CCCCC1)[C@H]1CC(c2c(F)cccc2Cl)=NO1. The number of rotatable bonds is 3. The summed E-state index contributed by atoms with van der Waals surface area (Å²) in [5.74, 6) is -0.638. The van der Waals surface area contributed by atoms with Crippen LogP contribution in [0.15, 0.2) is 23.4 Å². The Labute approximate surface area is 133 Å². The molecule has 1 N–H and O–H groups in total. The van der Waals surface area contributed by atoms with E-state index in [-0.39, 0.29) is 29.0 Å². The van der Waals surface area contributed by atoms with Gasteiger partial charge in [-0.25, -0.2) is 4.39 Å². The molecule has 1 aromatic carbocycles. The molecule has 1 fully saturated rings. The fourth-order valence-electron chi connectivity index (χ4n) is 2.98. The van der Waals surface area contributed by atoms with Crippen molar-refractivity contribution in [3.05, 3.63) is 34.6 Å². The third-order valence-electron chi connectivity index (χ3n) is 4.16. The summed E-state index contributed by atoms with van der Waals surface area (Å²) in [5, 5.41) is 7.13. The van der Waals surface area contributed by atoms with Crippen molar-refractivity contribution in [3.63, 3.8) is 0 Å². The average Bonchev–Trinajstić information content (AvgIpc) is 2.98. The number of oxime groups is 1. The molecular weight excluding hydrogens is 307 g/mol. The predicted molar refractivity (Wildman–Crippen MR) is 82.5 cm³/mol. The maximum atomic E-state index is 13.9. The van der Waals surface area contributed by atoms with Crippen molar-refractivity contribution in [1.82, 2.24) is 5.32 Å². The van der Waals surface area contributed by atoms with Gasteiger partial charge in [0.1, 0.15) is 5.82 Å². The lowest BCUT2D eigenvalue weighted by Gasteiger charge is -2.23. The number of hydrogen-bond donors (Lipinski definition) is 1. The Morgan fingerprint density at radius 3 is 2.82 bits per heavy atom. The van der Waals surface area contributed by atoms with Crippen molar-refractivity contribution in [2.24, 2.45) is 5.16 Å². The number of halogens is 2. The molecule has 1 aliphatic carbocycles. The van der Waals surface area contributed by atoms with E-state index in [1.54, 1.807) is 6.07 Å². The van der Waals surface area contributed by atoms with Crippen LogP contribution < -0.4 is 5.32 Å². The van der Waals surface area contributed by atoms with Crippen molar-refractivity contribution in [2.75, 3.05) is 0 Å². The molecule has 0 saturated heterocycles. The van der Waals surface area contributed by atoms with Crippen LogP contribution >= 0.6 is 11.6 Å². The minimum Gasteiger partial charge on any atom is -0.382 e. The molecule has 1 atom stereocenters. The van der Waals surface area contributed by atoms with Gasteiger partial charge in [0.2, 0.25) is 6.10 Å². The third kappa shape index (κ3) is 3.24. The van der Waals surface area contributed by atoms with E-state index in [1.807, 2.05) is 0 Å². The van der Waals surface area contributed by atoms with E-state index in [1.165, 1.54) is 18.6 Å². The Morgan fingerprint density at radius 2 is 2.09 bits per heavy atom. The Balaban J connectivity index is 1.62. The monoisotopic (exact) mass is 324 g/mol. The van der Waals surface area contributed by atoms with Crippen LogP contribution in [0.2, 0.25) is 5.02 Å². The summed E-state index contributed by atoms with van der Waals surface area (Å²) in [6.07, 6.45) is 5.06.